The van der Waals surface area contributed by atoms with E-state index >= 15 is 0 Å². The summed E-state index contributed by atoms with van der Waals surface area (Å²) in [6, 6.07) is 5.69. The van der Waals surface area contributed by atoms with Crippen molar-refractivity contribution in [2.24, 2.45) is 5.92 Å². The molecule has 136 valence electrons. The summed E-state index contributed by atoms with van der Waals surface area (Å²) in [5.74, 6) is 0.989. The number of pyridine rings is 1. The molecule has 2 N–H and O–H groups in total. The minimum Gasteiger partial charge on any atom is -0.357 e. The van der Waals surface area contributed by atoms with E-state index in [0.29, 0.717) is 10.6 Å². The zero-order valence-electron chi connectivity index (χ0n) is 14.7. The number of aryl methyl sites for hydroxylation is 1. The van der Waals surface area contributed by atoms with Crippen LogP contribution in [0.15, 0.2) is 24.4 Å². The Labute approximate surface area is 156 Å². The van der Waals surface area contributed by atoms with Crippen LogP contribution in [0.4, 0.5) is 16.5 Å². The molecule has 6 nitrogen and oxygen atoms in total. The van der Waals surface area contributed by atoms with Crippen LogP contribution in [0.1, 0.15) is 40.9 Å². The number of nitrogens with one attached hydrogen (secondary N) is 2. The summed E-state index contributed by atoms with van der Waals surface area (Å²) in [4.78, 5) is 31.8. The second-order valence-electron chi connectivity index (χ2n) is 6.94. The van der Waals surface area contributed by atoms with Crippen molar-refractivity contribution in [3.63, 3.8) is 0 Å². The molecule has 1 saturated carbocycles. The van der Waals surface area contributed by atoms with Gasteiger partial charge in [0.25, 0.3) is 5.91 Å². The van der Waals surface area contributed by atoms with Gasteiger partial charge in [0.1, 0.15) is 5.82 Å². The van der Waals surface area contributed by atoms with Gasteiger partial charge in [0, 0.05) is 19.0 Å². The van der Waals surface area contributed by atoms with E-state index in [-0.39, 0.29) is 17.7 Å². The van der Waals surface area contributed by atoms with Crippen molar-refractivity contribution >= 4 is 39.7 Å². The van der Waals surface area contributed by atoms with Gasteiger partial charge in [-0.25, -0.2) is 4.98 Å². The smallest absolute Gasteiger partial charge is 0.266 e. The molecule has 2 amide bonds. The monoisotopic (exact) mass is 370 g/mol. The molecule has 3 heterocycles. The molecular formula is C19H22N4O2S. The fourth-order valence-corrected chi connectivity index (χ4v) is 4.09. The second kappa shape index (κ2) is 7.07. The Hall–Kier alpha value is -2.41. The third-order valence-electron chi connectivity index (χ3n) is 4.75. The highest BCUT2D eigenvalue weighted by molar-refractivity contribution is 7.18. The molecule has 4 rings (SSSR count). The van der Waals surface area contributed by atoms with Crippen LogP contribution in [-0.4, -0.2) is 29.9 Å². The third-order valence-corrected chi connectivity index (χ3v) is 5.91. The van der Waals surface area contributed by atoms with Crippen LogP contribution in [0.5, 0.6) is 0 Å². The lowest BCUT2D eigenvalue weighted by molar-refractivity contribution is -0.117. The number of amides is 2. The normalized spacial score (nSPS) is 16.6. The topological polar surface area (TPSA) is 74.3 Å². The maximum atomic E-state index is 12.6. The second-order valence-corrected chi connectivity index (χ2v) is 7.99. The first-order valence-corrected chi connectivity index (χ1v) is 9.85. The van der Waals surface area contributed by atoms with Gasteiger partial charge >= 0.3 is 0 Å². The molecular weight excluding hydrogens is 348 g/mol. The molecule has 0 radical (unpaired) electrons. The van der Waals surface area contributed by atoms with Gasteiger partial charge in [-0.3, -0.25) is 9.59 Å². The summed E-state index contributed by atoms with van der Waals surface area (Å²) in [6.07, 6.45) is 6.03. The average Bonchev–Trinajstić information content (AvgIpc) is 3.22. The first kappa shape index (κ1) is 17.0. The lowest BCUT2D eigenvalue weighted by Gasteiger charge is -2.16. The van der Waals surface area contributed by atoms with Gasteiger partial charge < -0.3 is 15.5 Å². The van der Waals surface area contributed by atoms with E-state index in [9.17, 15) is 9.59 Å². The maximum absolute atomic E-state index is 12.6. The van der Waals surface area contributed by atoms with E-state index in [1.807, 2.05) is 25.1 Å². The van der Waals surface area contributed by atoms with Crippen molar-refractivity contribution in [3.05, 3.63) is 34.8 Å². The van der Waals surface area contributed by atoms with E-state index < -0.39 is 0 Å². The molecule has 0 atom stereocenters. The van der Waals surface area contributed by atoms with Gasteiger partial charge in [-0.2, -0.15) is 0 Å². The number of anilines is 3. The zero-order chi connectivity index (χ0) is 18.1. The van der Waals surface area contributed by atoms with Gasteiger partial charge in [-0.05, 0) is 56.4 Å². The molecule has 0 spiro atoms. The molecule has 1 aliphatic heterocycles. The van der Waals surface area contributed by atoms with Crippen molar-refractivity contribution in [2.45, 2.75) is 32.6 Å². The summed E-state index contributed by atoms with van der Waals surface area (Å²) in [7, 11) is 0. The zero-order valence-corrected chi connectivity index (χ0v) is 15.6. The predicted molar refractivity (Wildman–Crippen MR) is 104 cm³/mol. The Morgan fingerprint density at radius 1 is 1.19 bits per heavy atom. The number of rotatable bonds is 5. The molecule has 2 fully saturated rings. The van der Waals surface area contributed by atoms with Gasteiger partial charge in [-0.15, -0.1) is 11.3 Å². The molecule has 0 unspecified atom stereocenters. The molecule has 2 aromatic heterocycles. The van der Waals surface area contributed by atoms with Crippen LogP contribution in [-0.2, 0) is 4.79 Å². The largest absolute Gasteiger partial charge is 0.357 e. The van der Waals surface area contributed by atoms with E-state index in [4.69, 9.17) is 0 Å². The molecule has 0 aromatic carbocycles. The summed E-state index contributed by atoms with van der Waals surface area (Å²) in [5.41, 5.74) is 1.54. The van der Waals surface area contributed by atoms with Crippen molar-refractivity contribution in [2.75, 3.05) is 28.6 Å². The van der Waals surface area contributed by atoms with Crippen LogP contribution in [0.3, 0.4) is 0 Å². The van der Waals surface area contributed by atoms with Crippen molar-refractivity contribution in [1.82, 2.24) is 4.98 Å². The fraction of sp³-hybridized carbons (Fsp3) is 0.421. The Bertz CT molecular complexity index is 821. The number of hydrogen-bond acceptors (Lipinski definition) is 5. The summed E-state index contributed by atoms with van der Waals surface area (Å²) in [6.45, 7) is 3.97. The molecule has 7 heteroatoms. The van der Waals surface area contributed by atoms with Gasteiger partial charge in [0.2, 0.25) is 5.91 Å². The molecule has 2 aliphatic rings. The first-order valence-electron chi connectivity index (χ1n) is 9.04. The van der Waals surface area contributed by atoms with Crippen LogP contribution in [0, 0.1) is 12.8 Å². The van der Waals surface area contributed by atoms with E-state index in [1.54, 1.807) is 6.20 Å². The lowest BCUT2D eigenvalue weighted by Crippen LogP contribution is -2.19. The SMILES string of the molecule is Cc1cc(NC(=O)C2CC2)sc1C(=O)Nc1ccc(N2CCCC2)nc1. The van der Waals surface area contributed by atoms with E-state index in [0.717, 1.165) is 42.3 Å². The molecule has 26 heavy (non-hydrogen) atoms. The van der Waals surface area contributed by atoms with Gasteiger partial charge in [-0.1, -0.05) is 0 Å². The van der Waals surface area contributed by atoms with Gasteiger partial charge in [0.05, 0.1) is 21.8 Å². The van der Waals surface area contributed by atoms with Crippen LogP contribution >= 0.6 is 11.3 Å². The lowest BCUT2D eigenvalue weighted by atomic mass is 10.2. The molecule has 2 aromatic rings. The minimum absolute atomic E-state index is 0.0555. The van der Waals surface area contributed by atoms with Crippen LogP contribution in [0.25, 0.3) is 0 Å². The summed E-state index contributed by atoms with van der Waals surface area (Å²) < 4.78 is 0. The molecule has 1 aliphatic carbocycles. The maximum Gasteiger partial charge on any atom is 0.266 e. The van der Waals surface area contributed by atoms with Crippen molar-refractivity contribution < 1.29 is 9.59 Å². The highest BCUT2D eigenvalue weighted by atomic mass is 32.1. The van der Waals surface area contributed by atoms with Crippen molar-refractivity contribution in [1.29, 1.82) is 0 Å². The number of thiophene rings is 1. The van der Waals surface area contributed by atoms with Crippen molar-refractivity contribution in [3.8, 4) is 0 Å². The first-order chi connectivity index (χ1) is 12.6. The number of hydrogen-bond donors (Lipinski definition) is 2. The van der Waals surface area contributed by atoms with Gasteiger partial charge in [0.15, 0.2) is 0 Å². The summed E-state index contributed by atoms with van der Waals surface area (Å²) >= 11 is 1.31. The Morgan fingerprint density at radius 3 is 2.62 bits per heavy atom. The van der Waals surface area contributed by atoms with E-state index in [2.05, 4.69) is 20.5 Å². The molecule has 1 saturated heterocycles. The Morgan fingerprint density at radius 2 is 1.96 bits per heavy atom. The van der Waals surface area contributed by atoms with Crippen LogP contribution < -0.4 is 15.5 Å². The third kappa shape index (κ3) is 3.72. The predicted octanol–water partition coefficient (Wildman–Crippen LogP) is 3.65. The fourth-order valence-electron chi connectivity index (χ4n) is 3.12. The van der Waals surface area contributed by atoms with Crippen LogP contribution in [0.2, 0.25) is 0 Å². The quantitative estimate of drug-likeness (QED) is 0.842. The highest BCUT2D eigenvalue weighted by Crippen LogP contribution is 2.33. The Balaban J connectivity index is 1.41. The number of aromatic nitrogens is 1. The Kier molecular flexibility index (Phi) is 4.63. The molecule has 0 bridgehead atoms. The minimum atomic E-state index is -0.171. The van der Waals surface area contributed by atoms with E-state index in [1.165, 1.54) is 24.2 Å². The summed E-state index contributed by atoms with van der Waals surface area (Å²) in [5, 5.41) is 6.53. The highest BCUT2D eigenvalue weighted by Gasteiger charge is 2.30. The number of nitrogens with zero attached hydrogens (tertiary/aromatic N) is 2. The number of carbonyl (C=O) groups excluding carboxylic acids is 2. The average molecular weight is 370 g/mol. The number of carbonyl (C=O) groups is 2. The standard InChI is InChI=1S/C19H22N4O2S/c1-12-10-16(22-18(24)13-4-5-13)26-17(12)19(25)21-14-6-7-15(20-11-14)23-8-2-3-9-23/h6-7,10-11,13H,2-5,8-9H2,1H3,(H,21,25)(H,22,24).